The van der Waals surface area contributed by atoms with E-state index in [9.17, 15) is 0 Å². The summed E-state index contributed by atoms with van der Waals surface area (Å²) in [5.74, 6) is 0. The van der Waals surface area contributed by atoms with E-state index in [1.165, 1.54) is 16.7 Å². The van der Waals surface area contributed by atoms with Crippen LogP contribution in [0.2, 0.25) is 0 Å². The van der Waals surface area contributed by atoms with Gasteiger partial charge >= 0.3 is 0 Å². The van der Waals surface area contributed by atoms with E-state index >= 15 is 0 Å². The summed E-state index contributed by atoms with van der Waals surface area (Å²) in [6, 6.07) is 19.1. The van der Waals surface area contributed by atoms with E-state index < -0.39 is 0 Å². The molecule has 0 radical (unpaired) electrons. The van der Waals surface area contributed by atoms with Crippen molar-refractivity contribution in [3.63, 3.8) is 0 Å². The van der Waals surface area contributed by atoms with E-state index in [0.29, 0.717) is 0 Å². The molecule has 104 valence electrons. The highest BCUT2D eigenvalue weighted by molar-refractivity contribution is 5.22. The number of aryl methyl sites for hydroxylation is 2. The number of hydrogen-bond acceptors (Lipinski definition) is 1. The van der Waals surface area contributed by atoms with Crippen LogP contribution in [-0.4, -0.2) is 6.61 Å². The summed E-state index contributed by atoms with van der Waals surface area (Å²) in [6.45, 7) is 2.86. The highest BCUT2D eigenvalue weighted by Crippen LogP contribution is 2.05. The van der Waals surface area contributed by atoms with Crippen LogP contribution in [0.5, 0.6) is 0 Å². The number of rotatable bonds is 7. The minimum atomic E-state index is 0.741. The van der Waals surface area contributed by atoms with Crippen molar-refractivity contribution in [2.24, 2.45) is 0 Å². The topological polar surface area (TPSA) is 9.23 Å². The lowest BCUT2D eigenvalue weighted by atomic mass is 10.1. The van der Waals surface area contributed by atoms with Gasteiger partial charge in [0.05, 0.1) is 12.9 Å². The van der Waals surface area contributed by atoms with Gasteiger partial charge in [-0.15, -0.1) is 0 Å². The molecule has 0 heterocycles. The molecule has 20 heavy (non-hydrogen) atoms. The number of allylic oxidation sites excluding steroid dienone is 1. The molecule has 0 fully saturated rings. The molecule has 2 aromatic rings. The van der Waals surface area contributed by atoms with Crippen LogP contribution in [0.3, 0.4) is 0 Å². The Balaban J connectivity index is 1.60. The minimum absolute atomic E-state index is 0.741. The van der Waals surface area contributed by atoms with E-state index in [1.54, 1.807) is 0 Å². The molecular formula is C19H22O. The molecule has 0 saturated carbocycles. The largest absolute Gasteiger partial charge is 0.501 e. The molecule has 0 N–H and O–H groups in total. The van der Waals surface area contributed by atoms with E-state index in [-0.39, 0.29) is 0 Å². The zero-order chi connectivity index (χ0) is 14.0. The molecule has 0 atom stereocenters. The third-order valence-corrected chi connectivity index (χ3v) is 3.23. The fourth-order valence-corrected chi connectivity index (χ4v) is 2.14. The van der Waals surface area contributed by atoms with Crippen LogP contribution in [0.15, 0.2) is 66.9 Å². The Morgan fingerprint density at radius 2 is 1.70 bits per heavy atom. The average Bonchev–Trinajstić information content (AvgIpc) is 2.47. The summed E-state index contributed by atoms with van der Waals surface area (Å²) in [5, 5.41) is 0. The second kappa shape index (κ2) is 8.21. The highest BCUT2D eigenvalue weighted by Gasteiger charge is 1.93. The smallest absolute Gasteiger partial charge is 0.0913 e. The number of benzene rings is 2. The van der Waals surface area contributed by atoms with Gasteiger partial charge in [-0.3, -0.25) is 0 Å². The molecule has 0 aromatic heterocycles. The summed E-state index contributed by atoms with van der Waals surface area (Å²) < 4.78 is 5.53. The Kier molecular flexibility index (Phi) is 5.91. The first kappa shape index (κ1) is 14.4. The van der Waals surface area contributed by atoms with Crippen LogP contribution in [0.1, 0.15) is 23.1 Å². The van der Waals surface area contributed by atoms with Gasteiger partial charge in [0.2, 0.25) is 0 Å². The van der Waals surface area contributed by atoms with Crippen molar-refractivity contribution in [2.75, 3.05) is 6.61 Å². The maximum atomic E-state index is 5.53. The molecule has 1 nitrogen and oxygen atoms in total. The standard InChI is InChI=1S/C19H22O/c1-17-8-7-12-19(16-17)13-15-20-14-6-5-11-18-9-3-2-4-10-18/h2-4,6-10,12,14,16H,5,11,13,15H2,1H3. The van der Waals surface area contributed by atoms with Crippen molar-refractivity contribution >= 4 is 0 Å². The van der Waals surface area contributed by atoms with Gasteiger partial charge in [-0.25, -0.2) is 0 Å². The molecule has 0 bridgehead atoms. The second-order valence-corrected chi connectivity index (χ2v) is 5.01. The third kappa shape index (κ3) is 5.31. The van der Waals surface area contributed by atoms with Gasteiger partial charge in [-0.1, -0.05) is 60.2 Å². The maximum absolute atomic E-state index is 5.53. The predicted octanol–water partition coefficient (Wildman–Crippen LogP) is 4.70. The first-order chi connectivity index (χ1) is 9.84. The first-order valence-electron chi connectivity index (χ1n) is 7.21. The van der Waals surface area contributed by atoms with E-state index in [4.69, 9.17) is 4.74 Å². The SMILES string of the molecule is Cc1cccc(CCOC=CCCc2ccccc2)c1. The summed E-state index contributed by atoms with van der Waals surface area (Å²) in [4.78, 5) is 0. The monoisotopic (exact) mass is 266 g/mol. The zero-order valence-corrected chi connectivity index (χ0v) is 12.1. The Labute approximate surface area is 121 Å². The highest BCUT2D eigenvalue weighted by atomic mass is 16.5. The maximum Gasteiger partial charge on any atom is 0.0913 e. The lowest BCUT2D eigenvalue weighted by Gasteiger charge is -2.02. The summed E-state index contributed by atoms with van der Waals surface area (Å²) in [6.07, 6.45) is 6.99. The van der Waals surface area contributed by atoms with E-state index in [2.05, 4.69) is 61.5 Å². The minimum Gasteiger partial charge on any atom is -0.501 e. The fraction of sp³-hybridized carbons (Fsp3) is 0.263. The zero-order valence-electron chi connectivity index (χ0n) is 12.1. The summed E-state index contributed by atoms with van der Waals surface area (Å²) in [5.41, 5.74) is 4.01. The van der Waals surface area contributed by atoms with Crippen LogP contribution in [0, 0.1) is 6.92 Å². The van der Waals surface area contributed by atoms with Gasteiger partial charge in [0, 0.05) is 6.42 Å². The lowest BCUT2D eigenvalue weighted by Crippen LogP contribution is -1.94. The van der Waals surface area contributed by atoms with Crippen LogP contribution < -0.4 is 0 Å². The molecule has 0 saturated heterocycles. The van der Waals surface area contributed by atoms with Crippen molar-refractivity contribution in [1.82, 2.24) is 0 Å². The Bertz CT molecular complexity index is 528. The Morgan fingerprint density at radius 3 is 2.50 bits per heavy atom. The van der Waals surface area contributed by atoms with Gasteiger partial charge in [0.15, 0.2) is 0 Å². The quantitative estimate of drug-likeness (QED) is 0.521. The first-order valence-corrected chi connectivity index (χ1v) is 7.21. The van der Waals surface area contributed by atoms with Crippen molar-refractivity contribution in [2.45, 2.75) is 26.2 Å². The molecule has 0 spiro atoms. The van der Waals surface area contributed by atoms with Gasteiger partial charge in [-0.2, -0.15) is 0 Å². The number of ether oxygens (including phenoxy) is 1. The molecule has 0 aliphatic rings. The Morgan fingerprint density at radius 1 is 0.900 bits per heavy atom. The lowest BCUT2D eigenvalue weighted by molar-refractivity contribution is 0.252. The summed E-state index contributed by atoms with van der Waals surface area (Å²) in [7, 11) is 0. The van der Waals surface area contributed by atoms with Gasteiger partial charge < -0.3 is 4.74 Å². The van der Waals surface area contributed by atoms with Crippen molar-refractivity contribution in [1.29, 1.82) is 0 Å². The third-order valence-electron chi connectivity index (χ3n) is 3.23. The molecule has 0 aliphatic carbocycles. The fourth-order valence-electron chi connectivity index (χ4n) is 2.14. The van der Waals surface area contributed by atoms with Crippen molar-refractivity contribution < 1.29 is 4.74 Å². The van der Waals surface area contributed by atoms with Gasteiger partial charge in [0.25, 0.3) is 0 Å². The van der Waals surface area contributed by atoms with E-state index in [1.807, 2.05) is 12.3 Å². The van der Waals surface area contributed by atoms with Crippen LogP contribution >= 0.6 is 0 Å². The Hall–Kier alpha value is -2.02. The molecule has 2 aromatic carbocycles. The molecule has 0 amide bonds. The van der Waals surface area contributed by atoms with Crippen LogP contribution in [0.4, 0.5) is 0 Å². The normalized spacial score (nSPS) is 10.8. The van der Waals surface area contributed by atoms with E-state index in [0.717, 1.165) is 25.9 Å². The number of hydrogen-bond donors (Lipinski definition) is 0. The second-order valence-electron chi connectivity index (χ2n) is 5.01. The molecule has 0 aliphatic heterocycles. The predicted molar refractivity (Wildman–Crippen MR) is 84.7 cm³/mol. The van der Waals surface area contributed by atoms with Crippen molar-refractivity contribution in [3.05, 3.63) is 83.6 Å². The average molecular weight is 266 g/mol. The van der Waals surface area contributed by atoms with Crippen molar-refractivity contribution in [3.8, 4) is 0 Å². The van der Waals surface area contributed by atoms with Gasteiger partial charge in [0.1, 0.15) is 0 Å². The van der Waals surface area contributed by atoms with Crippen LogP contribution in [0.25, 0.3) is 0 Å². The summed E-state index contributed by atoms with van der Waals surface area (Å²) >= 11 is 0. The molecule has 0 unspecified atom stereocenters. The molecule has 1 heteroatoms. The molecular weight excluding hydrogens is 244 g/mol. The van der Waals surface area contributed by atoms with Crippen LogP contribution in [-0.2, 0) is 17.6 Å². The van der Waals surface area contributed by atoms with Gasteiger partial charge in [-0.05, 0) is 37.0 Å². The molecule has 2 rings (SSSR count).